The Labute approximate surface area is 171 Å². The quantitative estimate of drug-likeness (QED) is 0.383. The van der Waals surface area contributed by atoms with Gasteiger partial charge in [0.2, 0.25) is 5.78 Å². The normalized spacial score (nSPS) is 13.5. The summed E-state index contributed by atoms with van der Waals surface area (Å²) in [6.45, 7) is 4.51. The first-order valence-electron chi connectivity index (χ1n) is 10.0. The van der Waals surface area contributed by atoms with E-state index in [1.807, 2.05) is 26.0 Å². The molecule has 0 fully saturated rings. The maximum absolute atomic E-state index is 12.6. The standard InChI is InChI=1S/C24H26N2O3/c1-17-14-22(18(2)26(17)13-12-19-6-4-3-5-7-19)23(27)16-29-24(28)21-10-8-20(15-25)9-11-21/h6,8-11,14H,3-5,7,12-13,16H2,1-2H3. The van der Waals surface area contributed by atoms with Crippen LogP contribution in [0.5, 0.6) is 0 Å². The summed E-state index contributed by atoms with van der Waals surface area (Å²) in [5.41, 5.74) is 4.86. The minimum Gasteiger partial charge on any atom is -0.454 e. The Morgan fingerprint density at radius 1 is 1.17 bits per heavy atom. The molecule has 0 saturated carbocycles. The van der Waals surface area contributed by atoms with Crippen molar-refractivity contribution in [3.63, 3.8) is 0 Å². The zero-order valence-corrected chi connectivity index (χ0v) is 17.0. The number of Topliss-reactive ketones (excluding diaryl/α,β-unsaturated/α-hetero) is 1. The number of carbonyl (C=O) groups excluding carboxylic acids is 2. The summed E-state index contributed by atoms with van der Waals surface area (Å²) in [4.78, 5) is 24.8. The highest BCUT2D eigenvalue weighted by Crippen LogP contribution is 2.23. The Morgan fingerprint density at radius 3 is 2.59 bits per heavy atom. The largest absolute Gasteiger partial charge is 0.454 e. The van der Waals surface area contributed by atoms with Crippen LogP contribution in [0.25, 0.3) is 0 Å². The lowest BCUT2D eigenvalue weighted by Crippen LogP contribution is -2.15. The van der Waals surface area contributed by atoms with Gasteiger partial charge in [-0.3, -0.25) is 4.79 Å². The number of hydrogen-bond acceptors (Lipinski definition) is 4. The number of nitrogens with zero attached hydrogens (tertiary/aromatic N) is 2. The Kier molecular flexibility index (Phi) is 6.66. The molecule has 1 aromatic carbocycles. The third-order valence-corrected chi connectivity index (χ3v) is 5.50. The van der Waals surface area contributed by atoms with Gasteiger partial charge in [0.05, 0.1) is 17.2 Å². The van der Waals surface area contributed by atoms with Crippen LogP contribution in [0, 0.1) is 25.2 Å². The van der Waals surface area contributed by atoms with E-state index in [0.717, 1.165) is 24.4 Å². The second kappa shape index (κ2) is 9.38. The van der Waals surface area contributed by atoms with Gasteiger partial charge in [-0.1, -0.05) is 11.6 Å². The summed E-state index contributed by atoms with van der Waals surface area (Å²) in [5, 5.41) is 8.82. The monoisotopic (exact) mass is 390 g/mol. The molecule has 0 saturated heterocycles. The molecular formula is C24H26N2O3. The molecule has 1 aliphatic rings. The molecule has 5 nitrogen and oxygen atoms in total. The zero-order valence-electron chi connectivity index (χ0n) is 17.0. The maximum atomic E-state index is 12.6. The molecule has 0 aliphatic heterocycles. The van der Waals surface area contributed by atoms with Crippen LogP contribution in [0.4, 0.5) is 0 Å². The second-order valence-corrected chi connectivity index (χ2v) is 7.48. The molecule has 1 aromatic heterocycles. The van der Waals surface area contributed by atoms with E-state index in [9.17, 15) is 9.59 Å². The molecule has 0 N–H and O–H groups in total. The predicted octanol–water partition coefficient (Wildman–Crippen LogP) is 4.91. The average Bonchev–Trinajstić information content (AvgIpc) is 3.04. The van der Waals surface area contributed by atoms with E-state index in [1.54, 1.807) is 12.1 Å². The van der Waals surface area contributed by atoms with Crippen molar-refractivity contribution in [1.82, 2.24) is 4.57 Å². The Balaban J connectivity index is 1.61. The predicted molar refractivity (Wildman–Crippen MR) is 111 cm³/mol. The van der Waals surface area contributed by atoms with Gasteiger partial charge in [-0.25, -0.2) is 4.79 Å². The third-order valence-electron chi connectivity index (χ3n) is 5.50. The summed E-state index contributed by atoms with van der Waals surface area (Å²) in [6, 6.07) is 10.0. The van der Waals surface area contributed by atoms with E-state index < -0.39 is 5.97 Å². The van der Waals surface area contributed by atoms with Crippen LogP contribution >= 0.6 is 0 Å². The van der Waals surface area contributed by atoms with Gasteiger partial charge in [-0.15, -0.1) is 0 Å². The number of rotatable bonds is 7. The first kappa shape index (κ1) is 20.6. The Morgan fingerprint density at radius 2 is 1.93 bits per heavy atom. The van der Waals surface area contributed by atoms with Gasteiger partial charge in [0.15, 0.2) is 6.61 Å². The van der Waals surface area contributed by atoms with Crippen LogP contribution in [0.1, 0.15) is 69.8 Å². The lowest BCUT2D eigenvalue weighted by Gasteiger charge is -2.15. The van der Waals surface area contributed by atoms with E-state index in [0.29, 0.717) is 16.7 Å². The Hall–Kier alpha value is -3.13. The lowest BCUT2D eigenvalue weighted by molar-refractivity contribution is 0.0474. The van der Waals surface area contributed by atoms with E-state index in [2.05, 4.69) is 10.6 Å². The van der Waals surface area contributed by atoms with Crippen molar-refractivity contribution < 1.29 is 14.3 Å². The molecule has 0 spiro atoms. The highest BCUT2D eigenvalue weighted by molar-refractivity contribution is 6.00. The highest BCUT2D eigenvalue weighted by Gasteiger charge is 2.18. The number of esters is 1. The van der Waals surface area contributed by atoms with Crippen molar-refractivity contribution in [3.05, 3.63) is 70.1 Å². The fourth-order valence-corrected chi connectivity index (χ4v) is 3.79. The molecule has 150 valence electrons. The lowest BCUT2D eigenvalue weighted by atomic mass is 9.97. The van der Waals surface area contributed by atoms with E-state index in [1.165, 1.54) is 43.4 Å². The summed E-state index contributed by atoms with van der Waals surface area (Å²) in [6.07, 6.45) is 8.27. The number of hydrogen-bond donors (Lipinski definition) is 0. The number of aromatic nitrogens is 1. The van der Waals surface area contributed by atoms with Gasteiger partial charge >= 0.3 is 5.97 Å². The number of carbonyl (C=O) groups is 2. The third kappa shape index (κ3) is 5.03. The van der Waals surface area contributed by atoms with Crippen molar-refractivity contribution >= 4 is 11.8 Å². The van der Waals surface area contributed by atoms with Crippen LogP contribution in [0.3, 0.4) is 0 Å². The van der Waals surface area contributed by atoms with Crippen LogP contribution < -0.4 is 0 Å². The molecule has 29 heavy (non-hydrogen) atoms. The van der Waals surface area contributed by atoms with Crippen molar-refractivity contribution in [2.75, 3.05) is 6.61 Å². The number of nitriles is 1. The SMILES string of the molecule is Cc1cc(C(=O)COC(=O)c2ccc(C#N)cc2)c(C)n1CCC1=CCCCC1. The molecule has 0 unspecified atom stereocenters. The van der Waals surface area contributed by atoms with Crippen molar-refractivity contribution in [3.8, 4) is 6.07 Å². The average molecular weight is 390 g/mol. The first-order valence-corrected chi connectivity index (χ1v) is 10.0. The van der Waals surface area contributed by atoms with E-state index in [4.69, 9.17) is 10.00 Å². The number of allylic oxidation sites excluding steroid dienone is 2. The fraction of sp³-hybridized carbons (Fsp3) is 0.375. The molecule has 0 atom stereocenters. The van der Waals surface area contributed by atoms with Crippen molar-refractivity contribution in [1.29, 1.82) is 5.26 Å². The van der Waals surface area contributed by atoms with Crippen LogP contribution in [0.2, 0.25) is 0 Å². The molecule has 0 radical (unpaired) electrons. The molecule has 3 rings (SSSR count). The topological polar surface area (TPSA) is 72.1 Å². The van der Waals surface area contributed by atoms with Gasteiger partial charge in [-0.2, -0.15) is 5.26 Å². The molecule has 2 aromatic rings. The smallest absolute Gasteiger partial charge is 0.338 e. The molecule has 1 heterocycles. The van der Waals surface area contributed by atoms with Gasteiger partial charge in [0, 0.05) is 23.5 Å². The van der Waals surface area contributed by atoms with E-state index >= 15 is 0 Å². The van der Waals surface area contributed by atoms with E-state index in [-0.39, 0.29) is 12.4 Å². The van der Waals surface area contributed by atoms with Crippen LogP contribution in [0.15, 0.2) is 42.0 Å². The summed E-state index contributed by atoms with van der Waals surface area (Å²) >= 11 is 0. The number of ether oxygens (including phenoxy) is 1. The highest BCUT2D eigenvalue weighted by atomic mass is 16.5. The van der Waals surface area contributed by atoms with Crippen LogP contribution in [-0.4, -0.2) is 22.9 Å². The summed E-state index contributed by atoms with van der Waals surface area (Å²) < 4.78 is 7.36. The Bertz CT molecular complexity index is 975. The van der Waals surface area contributed by atoms with Gasteiger partial charge in [0.25, 0.3) is 0 Å². The molecular weight excluding hydrogens is 364 g/mol. The maximum Gasteiger partial charge on any atom is 0.338 e. The second-order valence-electron chi connectivity index (χ2n) is 7.48. The van der Waals surface area contributed by atoms with Crippen LogP contribution in [-0.2, 0) is 11.3 Å². The summed E-state index contributed by atoms with van der Waals surface area (Å²) in [7, 11) is 0. The fourth-order valence-electron chi connectivity index (χ4n) is 3.79. The van der Waals surface area contributed by atoms with Gasteiger partial charge < -0.3 is 9.30 Å². The summed E-state index contributed by atoms with van der Waals surface area (Å²) in [5.74, 6) is -0.774. The minimum atomic E-state index is -0.569. The molecule has 1 aliphatic carbocycles. The van der Waals surface area contributed by atoms with Crippen molar-refractivity contribution in [2.45, 2.75) is 52.5 Å². The minimum absolute atomic E-state index is 0.205. The zero-order chi connectivity index (χ0) is 20.8. The van der Waals surface area contributed by atoms with Gasteiger partial charge in [-0.05, 0) is 76.3 Å². The number of ketones is 1. The molecule has 0 amide bonds. The molecule has 0 bridgehead atoms. The van der Waals surface area contributed by atoms with Gasteiger partial charge in [0.1, 0.15) is 0 Å². The first-order chi connectivity index (χ1) is 14.0. The van der Waals surface area contributed by atoms with Crippen molar-refractivity contribution in [2.24, 2.45) is 0 Å². The number of benzene rings is 1. The molecule has 5 heteroatoms. The number of aryl methyl sites for hydroxylation is 1.